The molecule has 10 aromatic carbocycles. The second kappa shape index (κ2) is 19.3. The van der Waals surface area contributed by atoms with Gasteiger partial charge in [-0.15, -0.1) is 0 Å². The van der Waals surface area contributed by atoms with Gasteiger partial charge < -0.3 is 9.80 Å². The highest BCUT2D eigenvalue weighted by atomic mass is 15.1. The summed E-state index contributed by atoms with van der Waals surface area (Å²) >= 11 is 0. The summed E-state index contributed by atoms with van der Waals surface area (Å²) in [7, 11) is 0. The van der Waals surface area contributed by atoms with Crippen LogP contribution in [0.4, 0.5) is 34.1 Å². The van der Waals surface area contributed by atoms with Gasteiger partial charge in [0, 0.05) is 34.1 Å². The number of hydrogen-bond donors (Lipinski definition) is 0. The number of nitrogens with zero attached hydrogens (tertiary/aromatic N) is 2. The highest BCUT2D eigenvalue weighted by Gasteiger charge is 2.53. The molecule has 0 bridgehead atoms. The van der Waals surface area contributed by atoms with E-state index in [1.54, 1.807) is 0 Å². The van der Waals surface area contributed by atoms with E-state index in [1.807, 2.05) is 0 Å². The summed E-state index contributed by atoms with van der Waals surface area (Å²) in [5, 5.41) is 5.05. The van der Waals surface area contributed by atoms with Crippen molar-refractivity contribution >= 4 is 55.7 Å². The molecule has 0 heterocycles. The summed E-state index contributed by atoms with van der Waals surface area (Å²) in [4.78, 5) is 5.03. The van der Waals surface area contributed by atoms with Gasteiger partial charge in [-0.05, 0) is 285 Å². The van der Waals surface area contributed by atoms with Gasteiger partial charge in [0.15, 0.2) is 0 Å². The molecule has 0 radical (unpaired) electrons. The Kier molecular flexibility index (Phi) is 12.7. The molecule has 0 saturated heterocycles. The predicted molar refractivity (Wildman–Crippen MR) is 341 cm³/mol. The lowest BCUT2D eigenvalue weighted by molar-refractivity contribution is 0.809. The Balaban J connectivity index is 1.10. The van der Waals surface area contributed by atoms with E-state index in [0.29, 0.717) is 23.7 Å². The molecule has 2 aliphatic rings. The molecule has 1 spiro atoms. The van der Waals surface area contributed by atoms with E-state index in [0.717, 1.165) is 11.4 Å². The number of benzene rings is 10. The average Bonchev–Trinajstić information content (AvgIpc) is 2.89. The molecule has 0 N–H and O–H groups in total. The van der Waals surface area contributed by atoms with E-state index >= 15 is 0 Å². The zero-order chi connectivity index (χ0) is 55.7. The summed E-state index contributed by atoms with van der Waals surface area (Å²) in [6.45, 7) is 36.9. The number of hydrogen-bond acceptors (Lipinski definition) is 2. The third kappa shape index (κ3) is 8.02. The normalized spacial score (nSPS) is 13.1. The van der Waals surface area contributed by atoms with Crippen LogP contribution in [0.5, 0.6) is 0 Å². The van der Waals surface area contributed by atoms with Crippen LogP contribution in [0, 0.1) is 55.4 Å². The highest BCUT2D eigenvalue weighted by molar-refractivity contribution is 6.10. The largest absolute Gasteiger partial charge is 0.310 e. The second-order valence-electron chi connectivity index (χ2n) is 24.9. The minimum absolute atomic E-state index is 0.443. The summed E-state index contributed by atoms with van der Waals surface area (Å²) in [5.41, 5.74) is 33.7. The van der Waals surface area contributed by atoms with Crippen molar-refractivity contribution in [3.63, 3.8) is 0 Å². The molecule has 0 atom stereocenters. The minimum Gasteiger partial charge on any atom is -0.310 e. The number of fused-ring (bicyclic) bond motifs is 14. The van der Waals surface area contributed by atoms with Crippen molar-refractivity contribution < 1.29 is 0 Å². The first-order valence-corrected chi connectivity index (χ1v) is 29.2. The highest BCUT2D eigenvalue weighted by Crippen LogP contribution is 2.65. The fourth-order valence-corrected chi connectivity index (χ4v) is 15.9. The van der Waals surface area contributed by atoms with Gasteiger partial charge in [-0.1, -0.05) is 140 Å². The van der Waals surface area contributed by atoms with Gasteiger partial charge in [-0.25, -0.2) is 0 Å². The van der Waals surface area contributed by atoms with E-state index in [-0.39, 0.29) is 0 Å². The van der Waals surface area contributed by atoms with Crippen LogP contribution in [-0.4, -0.2) is 0 Å². The zero-order valence-electron chi connectivity index (χ0n) is 49.7. The van der Waals surface area contributed by atoms with Crippen molar-refractivity contribution in [3.05, 3.63) is 247 Å². The average molecular weight is 1030 g/mol. The van der Waals surface area contributed by atoms with Crippen molar-refractivity contribution in [2.75, 3.05) is 9.80 Å². The Morgan fingerprint density at radius 2 is 0.557 bits per heavy atom. The molecule has 0 aromatic heterocycles. The van der Waals surface area contributed by atoms with Crippen LogP contribution in [-0.2, 0) is 5.41 Å². The van der Waals surface area contributed by atoms with E-state index < -0.39 is 5.41 Å². The van der Waals surface area contributed by atoms with Gasteiger partial charge in [0.25, 0.3) is 0 Å². The van der Waals surface area contributed by atoms with Gasteiger partial charge >= 0.3 is 0 Å². The Morgan fingerprint density at radius 1 is 0.278 bits per heavy atom. The van der Waals surface area contributed by atoms with Crippen LogP contribution in [0.3, 0.4) is 0 Å². The van der Waals surface area contributed by atoms with Crippen LogP contribution >= 0.6 is 0 Å². The molecule has 2 aliphatic carbocycles. The lowest BCUT2D eigenvalue weighted by atomic mass is 9.68. The molecule has 2 nitrogen and oxygen atoms in total. The van der Waals surface area contributed by atoms with E-state index in [1.165, 1.54) is 156 Å². The molecule has 0 unspecified atom stereocenters. The standard InChI is InChI=1S/C77H78N2/c1-43(2)71-47(9)33-59(34-48(71)10)78(60-35-49(11)72(44(3)4)50(12)36-60)57-27-31-63-55(41-57)25-29-67-68-30-26-56-42-58(28-32-64(56)76(68)77(75(63)67)69-23-19-17-21-65(69)66-22-18-20-24-70(66)77)79(61-37-51(13)73(45(5)6)52(14)38-61)62-39-53(15)74(46(7)8)54(16)40-62/h17-46H,1-16H3. The Bertz CT molecular complexity index is 3650. The third-order valence-corrected chi connectivity index (χ3v) is 18.2. The van der Waals surface area contributed by atoms with Crippen molar-refractivity contribution in [1.82, 2.24) is 0 Å². The zero-order valence-corrected chi connectivity index (χ0v) is 49.7. The fraction of sp³-hybridized carbons (Fsp3) is 0.273. The van der Waals surface area contributed by atoms with Crippen molar-refractivity contribution in [1.29, 1.82) is 0 Å². The topological polar surface area (TPSA) is 6.48 Å². The lowest BCUT2D eigenvalue weighted by Crippen LogP contribution is -2.26. The SMILES string of the molecule is Cc1cc(N(c2cc(C)c(C(C)C)c(C)c2)c2ccc3c4c(ccc3c2)-c2ccc3cc(N(c5cc(C)c(C(C)C)c(C)c5)c5cc(C)c(C(C)C)c(C)c5)ccc3c2C42c3ccccc3-c3ccccc32)cc(C)c1C(C)C. The Labute approximate surface area is 471 Å². The summed E-state index contributed by atoms with van der Waals surface area (Å²) in [6, 6.07) is 62.2. The van der Waals surface area contributed by atoms with Crippen LogP contribution in [0.15, 0.2) is 158 Å². The first-order chi connectivity index (χ1) is 37.8. The molecule has 2 heteroatoms. The van der Waals surface area contributed by atoms with Crippen molar-refractivity contribution in [2.24, 2.45) is 0 Å². The summed E-state index contributed by atoms with van der Waals surface area (Å²) < 4.78 is 0. The molecule has 10 aromatic rings. The smallest absolute Gasteiger partial charge is 0.0737 e. The second-order valence-corrected chi connectivity index (χ2v) is 24.9. The van der Waals surface area contributed by atoms with Gasteiger partial charge in [0.1, 0.15) is 0 Å². The van der Waals surface area contributed by atoms with Crippen molar-refractivity contribution in [2.45, 2.75) is 140 Å². The third-order valence-electron chi connectivity index (χ3n) is 18.2. The lowest BCUT2D eigenvalue weighted by Gasteiger charge is -2.33. The number of anilines is 6. The Hall–Kier alpha value is -7.68. The maximum atomic E-state index is 2.52. The first-order valence-electron chi connectivity index (χ1n) is 29.2. The van der Waals surface area contributed by atoms with Crippen LogP contribution in [0.1, 0.15) is 168 Å². The molecule has 0 saturated carbocycles. The number of aryl methyl sites for hydroxylation is 8. The Morgan fingerprint density at radius 3 is 0.835 bits per heavy atom. The maximum absolute atomic E-state index is 2.52. The van der Waals surface area contributed by atoms with Crippen LogP contribution < -0.4 is 9.80 Å². The molecule has 396 valence electrons. The van der Waals surface area contributed by atoms with Gasteiger partial charge in [-0.3, -0.25) is 0 Å². The van der Waals surface area contributed by atoms with E-state index in [4.69, 9.17) is 0 Å². The number of rotatable bonds is 10. The quantitative estimate of drug-likeness (QED) is 0.135. The van der Waals surface area contributed by atoms with E-state index in [9.17, 15) is 0 Å². The summed E-state index contributed by atoms with van der Waals surface area (Å²) in [6.07, 6.45) is 0. The molecule has 0 fully saturated rings. The minimum atomic E-state index is -0.567. The van der Waals surface area contributed by atoms with Gasteiger partial charge in [-0.2, -0.15) is 0 Å². The van der Waals surface area contributed by atoms with Crippen LogP contribution in [0.2, 0.25) is 0 Å². The molecular formula is C77H78N2. The molecule has 0 amide bonds. The van der Waals surface area contributed by atoms with Gasteiger partial charge in [0.05, 0.1) is 5.41 Å². The molecule has 12 rings (SSSR count). The van der Waals surface area contributed by atoms with Gasteiger partial charge in [0.2, 0.25) is 0 Å². The summed E-state index contributed by atoms with van der Waals surface area (Å²) in [5.74, 6) is 1.77. The first kappa shape index (κ1) is 52.0. The van der Waals surface area contributed by atoms with E-state index in [2.05, 4.69) is 278 Å². The molecule has 0 aliphatic heterocycles. The predicted octanol–water partition coefficient (Wildman–Crippen LogP) is 22.2. The van der Waals surface area contributed by atoms with Crippen molar-refractivity contribution in [3.8, 4) is 22.3 Å². The fourth-order valence-electron chi connectivity index (χ4n) is 15.9. The monoisotopic (exact) mass is 1030 g/mol. The molecule has 79 heavy (non-hydrogen) atoms. The maximum Gasteiger partial charge on any atom is 0.0737 e. The van der Waals surface area contributed by atoms with Crippen LogP contribution in [0.25, 0.3) is 43.8 Å². The molecular weight excluding hydrogens is 953 g/mol.